The van der Waals surface area contributed by atoms with E-state index >= 15 is 0 Å². The van der Waals surface area contributed by atoms with Gasteiger partial charge in [0, 0.05) is 13.0 Å². The van der Waals surface area contributed by atoms with Crippen LogP contribution in [0.3, 0.4) is 0 Å². The number of likely N-dealkylation sites (tertiary alicyclic amines) is 1. The van der Waals surface area contributed by atoms with Gasteiger partial charge in [-0.15, -0.1) is 0 Å². The summed E-state index contributed by atoms with van der Waals surface area (Å²) in [5.41, 5.74) is 0.896. The van der Waals surface area contributed by atoms with Crippen LogP contribution in [-0.2, 0) is 14.3 Å². The monoisotopic (exact) mass is 341 g/mol. The Balaban J connectivity index is 1.67. The number of fused-ring (bicyclic) bond motifs is 1. The minimum atomic E-state index is -0.383. The number of esters is 1. The quantitative estimate of drug-likeness (QED) is 0.782. The molecule has 1 aliphatic heterocycles. The van der Waals surface area contributed by atoms with E-state index in [1.165, 1.54) is 0 Å². The summed E-state index contributed by atoms with van der Waals surface area (Å²) >= 11 is 0. The molecule has 1 amide bonds. The molecule has 2 aromatic rings. The maximum Gasteiger partial charge on any atom is 0.314 e. The van der Waals surface area contributed by atoms with Gasteiger partial charge in [0.2, 0.25) is 5.91 Å². The number of hydrogen-bond donors (Lipinski definition) is 0. The van der Waals surface area contributed by atoms with Crippen molar-refractivity contribution in [2.45, 2.75) is 32.1 Å². The van der Waals surface area contributed by atoms with Crippen LogP contribution in [-0.4, -0.2) is 37.2 Å². The van der Waals surface area contributed by atoms with Crippen LogP contribution in [0.15, 0.2) is 36.4 Å². The van der Waals surface area contributed by atoms with Crippen molar-refractivity contribution >= 4 is 22.6 Å². The summed E-state index contributed by atoms with van der Waals surface area (Å²) in [5.74, 6) is 0.169. The van der Waals surface area contributed by atoms with Crippen LogP contribution in [0.5, 0.6) is 5.75 Å². The molecule has 1 aliphatic rings. The highest BCUT2D eigenvalue weighted by atomic mass is 16.5. The van der Waals surface area contributed by atoms with Crippen molar-refractivity contribution in [1.29, 1.82) is 0 Å². The predicted octanol–water partition coefficient (Wildman–Crippen LogP) is 3.47. The largest absolute Gasteiger partial charge is 0.497 e. The molecule has 0 spiro atoms. The molecule has 132 valence electrons. The lowest BCUT2D eigenvalue weighted by molar-refractivity contribution is -0.155. The molecule has 25 heavy (non-hydrogen) atoms. The molecule has 1 fully saturated rings. The molecule has 1 unspecified atom stereocenters. The summed E-state index contributed by atoms with van der Waals surface area (Å²) in [6.07, 6.45) is 2.43. The number of methoxy groups -OCH3 is 1. The number of hydrogen-bond acceptors (Lipinski definition) is 4. The molecule has 1 saturated heterocycles. The van der Waals surface area contributed by atoms with Crippen LogP contribution in [0.2, 0.25) is 0 Å². The van der Waals surface area contributed by atoms with E-state index in [4.69, 9.17) is 9.47 Å². The Morgan fingerprint density at radius 2 is 1.92 bits per heavy atom. The molecule has 0 saturated carbocycles. The molecular weight excluding hydrogens is 318 g/mol. The van der Waals surface area contributed by atoms with E-state index in [0.717, 1.165) is 34.9 Å². The minimum absolute atomic E-state index is 0.0484. The van der Waals surface area contributed by atoms with Gasteiger partial charge < -0.3 is 14.4 Å². The van der Waals surface area contributed by atoms with E-state index in [9.17, 15) is 9.59 Å². The number of carbonyl (C=O) groups excluding carboxylic acids is 2. The maximum atomic E-state index is 12.3. The van der Waals surface area contributed by atoms with Crippen LogP contribution in [0.25, 0.3) is 10.8 Å². The standard InChI is InChI=1S/C20H23NO4/c1-14(20(23)25-13-21-10-4-3-5-19(21)22)15-6-7-17-12-18(24-2)9-8-16(17)11-15/h6-9,11-12,14H,3-5,10,13H2,1-2H3. The second-order valence-electron chi connectivity index (χ2n) is 6.40. The third-order valence-corrected chi connectivity index (χ3v) is 4.71. The molecule has 0 bridgehead atoms. The van der Waals surface area contributed by atoms with E-state index < -0.39 is 0 Å². The van der Waals surface area contributed by atoms with Gasteiger partial charge in [-0.05, 0) is 48.2 Å². The summed E-state index contributed by atoms with van der Waals surface area (Å²) in [7, 11) is 1.64. The van der Waals surface area contributed by atoms with Gasteiger partial charge in [-0.1, -0.05) is 24.3 Å². The molecule has 0 N–H and O–H groups in total. The third-order valence-electron chi connectivity index (χ3n) is 4.71. The average Bonchev–Trinajstić information content (AvgIpc) is 2.65. The molecule has 1 heterocycles. The number of amides is 1. The highest BCUT2D eigenvalue weighted by Gasteiger charge is 2.22. The number of ether oxygens (including phenoxy) is 2. The molecule has 5 nitrogen and oxygen atoms in total. The molecule has 0 radical (unpaired) electrons. The van der Waals surface area contributed by atoms with Gasteiger partial charge in [0.25, 0.3) is 0 Å². The lowest BCUT2D eigenvalue weighted by atomic mass is 9.98. The Morgan fingerprint density at radius 3 is 2.68 bits per heavy atom. The Kier molecular flexibility index (Phi) is 5.22. The average molecular weight is 341 g/mol. The summed E-state index contributed by atoms with van der Waals surface area (Å²) in [6.45, 7) is 2.54. The highest BCUT2D eigenvalue weighted by molar-refractivity contribution is 5.87. The Labute approximate surface area is 147 Å². The van der Waals surface area contributed by atoms with Crippen molar-refractivity contribution in [2.75, 3.05) is 20.4 Å². The highest BCUT2D eigenvalue weighted by Crippen LogP contribution is 2.26. The van der Waals surface area contributed by atoms with E-state index in [1.807, 2.05) is 43.3 Å². The van der Waals surface area contributed by atoms with Gasteiger partial charge in [-0.3, -0.25) is 9.59 Å². The number of nitrogens with zero attached hydrogens (tertiary/aromatic N) is 1. The normalized spacial score (nSPS) is 15.9. The lowest BCUT2D eigenvalue weighted by Gasteiger charge is -2.26. The molecule has 0 aromatic heterocycles. The lowest BCUT2D eigenvalue weighted by Crippen LogP contribution is -2.38. The van der Waals surface area contributed by atoms with Crippen LogP contribution < -0.4 is 4.74 Å². The van der Waals surface area contributed by atoms with Crippen molar-refractivity contribution in [1.82, 2.24) is 4.90 Å². The zero-order valence-corrected chi connectivity index (χ0v) is 14.7. The second kappa shape index (κ2) is 7.55. The first-order valence-corrected chi connectivity index (χ1v) is 8.60. The van der Waals surface area contributed by atoms with E-state index in [1.54, 1.807) is 12.0 Å². The van der Waals surface area contributed by atoms with E-state index in [2.05, 4.69) is 0 Å². The first-order valence-electron chi connectivity index (χ1n) is 8.60. The smallest absolute Gasteiger partial charge is 0.314 e. The zero-order valence-electron chi connectivity index (χ0n) is 14.7. The van der Waals surface area contributed by atoms with Crippen LogP contribution in [0.4, 0.5) is 0 Å². The third kappa shape index (κ3) is 3.92. The fourth-order valence-corrected chi connectivity index (χ4v) is 3.04. The van der Waals surface area contributed by atoms with E-state index in [0.29, 0.717) is 13.0 Å². The minimum Gasteiger partial charge on any atom is -0.497 e. The first-order chi connectivity index (χ1) is 12.1. The van der Waals surface area contributed by atoms with Crippen molar-refractivity contribution in [3.8, 4) is 5.75 Å². The Bertz CT molecular complexity index is 786. The maximum absolute atomic E-state index is 12.3. The van der Waals surface area contributed by atoms with Crippen LogP contribution in [0.1, 0.15) is 37.7 Å². The van der Waals surface area contributed by atoms with Crippen molar-refractivity contribution in [3.05, 3.63) is 42.0 Å². The summed E-state index contributed by atoms with van der Waals surface area (Å²) in [6, 6.07) is 11.7. The zero-order chi connectivity index (χ0) is 17.8. The first kappa shape index (κ1) is 17.3. The Hall–Kier alpha value is -2.56. The van der Waals surface area contributed by atoms with Crippen molar-refractivity contribution < 1.29 is 19.1 Å². The van der Waals surface area contributed by atoms with E-state index in [-0.39, 0.29) is 24.5 Å². The fraction of sp³-hybridized carbons (Fsp3) is 0.400. The summed E-state index contributed by atoms with van der Waals surface area (Å²) < 4.78 is 10.6. The molecular formula is C20H23NO4. The van der Waals surface area contributed by atoms with Gasteiger partial charge in [0.05, 0.1) is 13.0 Å². The molecule has 0 aliphatic carbocycles. The van der Waals surface area contributed by atoms with Crippen LogP contribution >= 0.6 is 0 Å². The Morgan fingerprint density at radius 1 is 1.16 bits per heavy atom. The molecule has 2 aromatic carbocycles. The van der Waals surface area contributed by atoms with Crippen molar-refractivity contribution in [2.24, 2.45) is 0 Å². The fourth-order valence-electron chi connectivity index (χ4n) is 3.04. The SMILES string of the molecule is COc1ccc2cc(C(C)C(=O)OCN3CCCCC3=O)ccc2c1. The van der Waals surface area contributed by atoms with Gasteiger partial charge >= 0.3 is 5.97 Å². The van der Waals surface area contributed by atoms with Crippen molar-refractivity contribution in [3.63, 3.8) is 0 Å². The molecule has 3 rings (SSSR count). The second-order valence-corrected chi connectivity index (χ2v) is 6.40. The predicted molar refractivity (Wildman–Crippen MR) is 95.4 cm³/mol. The molecule has 1 atom stereocenters. The number of rotatable bonds is 5. The van der Waals surface area contributed by atoms with Gasteiger partial charge in [0.1, 0.15) is 5.75 Å². The van der Waals surface area contributed by atoms with Gasteiger partial charge in [0.15, 0.2) is 6.73 Å². The van der Waals surface area contributed by atoms with Gasteiger partial charge in [-0.2, -0.15) is 0 Å². The number of benzene rings is 2. The summed E-state index contributed by atoms with van der Waals surface area (Å²) in [4.78, 5) is 25.7. The number of carbonyl (C=O) groups is 2. The molecule has 5 heteroatoms. The number of piperidine rings is 1. The van der Waals surface area contributed by atoms with Crippen LogP contribution in [0, 0.1) is 0 Å². The topological polar surface area (TPSA) is 55.8 Å². The van der Waals surface area contributed by atoms with Gasteiger partial charge in [-0.25, -0.2) is 0 Å². The summed E-state index contributed by atoms with van der Waals surface area (Å²) in [5, 5.41) is 2.10.